The number of fused-ring (bicyclic) bond motifs is 2. The van der Waals surface area contributed by atoms with Crippen molar-refractivity contribution in [2.75, 3.05) is 35.7 Å². The molecule has 0 unspecified atom stereocenters. The van der Waals surface area contributed by atoms with Gasteiger partial charge in [-0.1, -0.05) is 0 Å². The molecule has 1 amide bonds. The summed E-state index contributed by atoms with van der Waals surface area (Å²) in [4.78, 5) is 33.7. The molecule has 0 spiro atoms. The van der Waals surface area contributed by atoms with Crippen LogP contribution in [-0.4, -0.2) is 56.2 Å². The van der Waals surface area contributed by atoms with Gasteiger partial charge in [-0.25, -0.2) is 14.8 Å². The van der Waals surface area contributed by atoms with Gasteiger partial charge < -0.3 is 20.2 Å². The van der Waals surface area contributed by atoms with E-state index in [0.29, 0.717) is 18.2 Å². The van der Waals surface area contributed by atoms with E-state index in [1.165, 1.54) is 11.8 Å². The largest absolute Gasteiger partial charge is 0.465 e. The monoisotopic (exact) mass is 446 g/mol. The third-order valence-corrected chi connectivity index (χ3v) is 6.20. The number of rotatable bonds is 4. The Labute approximate surface area is 191 Å². The first-order valence-corrected chi connectivity index (χ1v) is 10.9. The molecule has 0 atom stereocenters. The minimum atomic E-state index is -1.10. The SMILES string of the molecule is Cc1c(NC(=O)O)cncc1N1CCc2cnc(Nc3cnc4c(c3)CN(C)CC4)nc2C1. The number of aromatic nitrogens is 4. The molecular weight excluding hydrogens is 420 g/mol. The minimum absolute atomic E-state index is 0.487. The quantitative estimate of drug-likeness (QED) is 0.555. The lowest BCUT2D eigenvalue weighted by Crippen LogP contribution is -2.32. The summed E-state index contributed by atoms with van der Waals surface area (Å²) in [6, 6.07) is 2.13. The second-order valence-corrected chi connectivity index (χ2v) is 8.54. The smallest absolute Gasteiger partial charge is 0.409 e. The third kappa shape index (κ3) is 4.42. The molecule has 0 aromatic carbocycles. The van der Waals surface area contributed by atoms with Crippen molar-refractivity contribution >= 4 is 29.1 Å². The summed E-state index contributed by atoms with van der Waals surface area (Å²) in [6.45, 7) is 5.19. The van der Waals surface area contributed by atoms with Crippen molar-refractivity contribution in [3.8, 4) is 0 Å². The topological polar surface area (TPSA) is 119 Å². The molecule has 0 bridgehead atoms. The fourth-order valence-electron chi connectivity index (χ4n) is 4.41. The highest BCUT2D eigenvalue weighted by atomic mass is 16.4. The molecule has 0 saturated heterocycles. The average Bonchev–Trinajstić information content (AvgIpc) is 2.79. The molecule has 2 aliphatic rings. The summed E-state index contributed by atoms with van der Waals surface area (Å²) >= 11 is 0. The summed E-state index contributed by atoms with van der Waals surface area (Å²) in [5.74, 6) is 0.539. The third-order valence-electron chi connectivity index (χ3n) is 6.20. The zero-order valence-corrected chi connectivity index (χ0v) is 18.7. The van der Waals surface area contributed by atoms with Gasteiger partial charge in [0.15, 0.2) is 0 Å². The van der Waals surface area contributed by atoms with Crippen LogP contribution in [0, 0.1) is 6.92 Å². The van der Waals surface area contributed by atoms with E-state index in [0.717, 1.165) is 66.4 Å². The second-order valence-electron chi connectivity index (χ2n) is 8.54. The van der Waals surface area contributed by atoms with Crippen LogP contribution in [0.3, 0.4) is 0 Å². The standard InChI is InChI=1S/C23H26N8O2/c1-14-19(29-23(32)33)10-24-11-21(14)31-6-3-15-8-26-22(28-20(15)13-31)27-17-7-16-12-30(2)5-4-18(16)25-9-17/h7-11,29H,3-6,12-13H2,1-2H3,(H,32,33)(H,26,27,28). The first-order chi connectivity index (χ1) is 16.0. The van der Waals surface area contributed by atoms with Crippen molar-refractivity contribution in [1.29, 1.82) is 0 Å². The lowest BCUT2D eigenvalue weighted by Gasteiger charge is -2.31. The molecule has 3 aromatic heterocycles. The van der Waals surface area contributed by atoms with E-state index in [-0.39, 0.29) is 0 Å². The van der Waals surface area contributed by atoms with Crippen molar-refractivity contribution in [3.05, 3.63) is 58.9 Å². The number of pyridine rings is 2. The lowest BCUT2D eigenvalue weighted by molar-refractivity contribution is 0.209. The zero-order chi connectivity index (χ0) is 22.9. The van der Waals surface area contributed by atoms with Gasteiger partial charge in [0.2, 0.25) is 5.95 Å². The predicted molar refractivity (Wildman–Crippen MR) is 125 cm³/mol. The van der Waals surface area contributed by atoms with E-state index in [1.807, 2.05) is 19.3 Å². The number of hydrogen-bond donors (Lipinski definition) is 3. The van der Waals surface area contributed by atoms with E-state index in [1.54, 1.807) is 6.20 Å². The number of hydrogen-bond acceptors (Lipinski definition) is 8. The van der Waals surface area contributed by atoms with Crippen LogP contribution in [0.2, 0.25) is 0 Å². The Morgan fingerprint density at radius 3 is 2.76 bits per heavy atom. The van der Waals surface area contributed by atoms with Crippen LogP contribution in [0.1, 0.15) is 28.1 Å². The number of carboxylic acid groups (broad SMARTS) is 1. The molecule has 5 rings (SSSR count). The molecule has 0 fully saturated rings. The number of amides is 1. The van der Waals surface area contributed by atoms with Crippen LogP contribution in [0.25, 0.3) is 0 Å². The Hall–Kier alpha value is -3.79. The zero-order valence-electron chi connectivity index (χ0n) is 18.7. The molecule has 10 heteroatoms. The van der Waals surface area contributed by atoms with E-state index < -0.39 is 6.09 Å². The Balaban J connectivity index is 1.36. The Morgan fingerprint density at radius 2 is 1.91 bits per heavy atom. The number of carbonyl (C=O) groups is 1. The number of nitrogens with one attached hydrogen (secondary N) is 2. The molecule has 3 N–H and O–H groups in total. The van der Waals surface area contributed by atoms with Gasteiger partial charge in [0, 0.05) is 37.9 Å². The lowest BCUT2D eigenvalue weighted by atomic mass is 10.1. The molecular formula is C23H26N8O2. The van der Waals surface area contributed by atoms with Crippen LogP contribution >= 0.6 is 0 Å². The molecule has 0 saturated carbocycles. The molecule has 10 nitrogen and oxygen atoms in total. The normalized spacial score (nSPS) is 15.5. The van der Waals surface area contributed by atoms with Crippen molar-refractivity contribution in [1.82, 2.24) is 24.8 Å². The molecule has 2 aliphatic heterocycles. The number of anilines is 4. The van der Waals surface area contributed by atoms with E-state index >= 15 is 0 Å². The summed E-state index contributed by atoms with van der Waals surface area (Å²) in [5.41, 5.74) is 7.55. The van der Waals surface area contributed by atoms with Gasteiger partial charge in [-0.3, -0.25) is 15.3 Å². The summed E-state index contributed by atoms with van der Waals surface area (Å²) < 4.78 is 0. The van der Waals surface area contributed by atoms with Crippen molar-refractivity contribution in [2.45, 2.75) is 32.9 Å². The van der Waals surface area contributed by atoms with Gasteiger partial charge in [-0.2, -0.15) is 0 Å². The van der Waals surface area contributed by atoms with E-state index in [4.69, 9.17) is 10.1 Å². The van der Waals surface area contributed by atoms with Crippen LogP contribution in [0.4, 0.5) is 27.8 Å². The molecule has 3 aromatic rings. The predicted octanol–water partition coefficient (Wildman–Crippen LogP) is 2.96. The maximum atomic E-state index is 11.1. The van der Waals surface area contributed by atoms with Crippen LogP contribution in [0.5, 0.6) is 0 Å². The van der Waals surface area contributed by atoms with Crippen LogP contribution < -0.4 is 15.5 Å². The number of likely N-dealkylation sites (N-methyl/N-ethyl adjacent to an activating group) is 1. The second kappa shape index (κ2) is 8.62. The minimum Gasteiger partial charge on any atom is -0.465 e. The molecule has 170 valence electrons. The maximum absolute atomic E-state index is 11.1. The van der Waals surface area contributed by atoms with E-state index in [9.17, 15) is 4.79 Å². The first kappa shape index (κ1) is 21.1. The highest BCUT2D eigenvalue weighted by molar-refractivity contribution is 5.85. The van der Waals surface area contributed by atoms with Crippen LogP contribution in [0.15, 0.2) is 30.9 Å². The van der Waals surface area contributed by atoms with Crippen molar-refractivity contribution in [3.63, 3.8) is 0 Å². The molecule has 0 radical (unpaired) electrons. The van der Waals surface area contributed by atoms with E-state index in [2.05, 4.69) is 48.5 Å². The highest BCUT2D eigenvalue weighted by Crippen LogP contribution is 2.30. The highest BCUT2D eigenvalue weighted by Gasteiger charge is 2.22. The number of nitrogens with zero attached hydrogens (tertiary/aromatic N) is 6. The van der Waals surface area contributed by atoms with Crippen molar-refractivity contribution < 1.29 is 9.90 Å². The van der Waals surface area contributed by atoms with Gasteiger partial charge in [-0.05, 0) is 43.1 Å². The molecule has 33 heavy (non-hydrogen) atoms. The fraction of sp³-hybridized carbons (Fsp3) is 0.348. The summed E-state index contributed by atoms with van der Waals surface area (Å²) in [6.07, 6.45) is 7.69. The average molecular weight is 447 g/mol. The van der Waals surface area contributed by atoms with Gasteiger partial charge in [-0.15, -0.1) is 0 Å². The summed E-state index contributed by atoms with van der Waals surface area (Å²) in [5, 5.41) is 14.8. The van der Waals surface area contributed by atoms with Gasteiger partial charge in [0.25, 0.3) is 0 Å². The molecule has 0 aliphatic carbocycles. The maximum Gasteiger partial charge on any atom is 0.409 e. The van der Waals surface area contributed by atoms with Crippen molar-refractivity contribution in [2.24, 2.45) is 0 Å². The van der Waals surface area contributed by atoms with Crippen LogP contribution in [-0.2, 0) is 25.9 Å². The molecule has 5 heterocycles. The Morgan fingerprint density at radius 1 is 1.03 bits per heavy atom. The summed E-state index contributed by atoms with van der Waals surface area (Å²) in [7, 11) is 2.12. The Bertz CT molecular complexity index is 1220. The first-order valence-electron chi connectivity index (χ1n) is 10.9. The fourth-order valence-corrected chi connectivity index (χ4v) is 4.41. The Kier molecular flexibility index (Phi) is 5.51. The van der Waals surface area contributed by atoms with Gasteiger partial charge in [0.05, 0.1) is 47.9 Å². The van der Waals surface area contributed by atoms with Gasteiger partial charge >= 0.3 is 6.09 Å². The van der Waals surface area contributed by atoms with Gasteiger partial charge in [0.1, 0.15) is 0 Å².